The molecule has 0 heterocycles. The summed E-state index contributed by atoms with van der Waals surface area (Å²) in [6.45, 7) is 4.94. The van der Waals surface area contributed by atoms with Gasteiger partial charge >= 0.3 is 0 Å². The van der Waals surface area contributed by atoms with Crippen LogP contribution in [0.4, 0.5) is 0 Å². The van der Waals surface area contributed by atoms with E-state index in [0.717, 1.165) is 35.1 Å². The molecule has 0 saturated heterocycles. The van der Waals surface area contributed by atoms with Gasteiger partial charge in [-0.25, -0.2) is 0 Å². The molecular formula is C24H24O2. The van der Waals surface area contributed by atoms with Crippen molar-refractivity contribution in [2.75, 3.05) is 0 Å². The molecule has 0 fully saturated rings. The van der Waals surface area contributed by atoms with Crippen molar-refractivity contribution in [2.45, 2.75) is 26.9 Å². The third kappa shape index (κ3) is 4.60. The van der Waals surface area contributed by atoms with Crippen LogP contribution in [0.15, 0.2) is 72.8 Å². The van der Waals surface area contributed by atoms with E-state index >= 15 is 0 Å². The molecule has 0 aliphatic carbocycles. The second-order valence-corrected chi connectivity index (χ2v) is 6.94. The van der Waals surface area contributed by atoms with Crippen LogP contribution in [-0.2, 0) is 13.0 Å². The molecule has 0 N–H and O–H groups in total. The molecule has 0 saturated carbocycles. The van der Waals surface area contributed by atoms with Crippen molar-refractivity contribution in [3.05, 3.63) is 89.5 Å². The Kier molecular flexibility index (Phi) is 5.85. The summed E-state index contributed by atoms with van der Waals surface area (Å²) in [4.78, 5) is 11.5. The van der Waals surface area contributed by atoms with Crippen LogP contribution in [0, 0.1) is 5.92 Å². The van der Waals surface area contributed by atoms with Crippen LogP contribution in [0.5, 0.6) is 5.75 Å². The minimum atomic E-state index is 0.508. The summed E-state index contributed by atoms with van der Waals surface area (Å²) in [5.74, 6) is 1.39. The number of carbonyl (C=O) groups is 1. The number of ether oxygens (including phenoxy) is 1. The molecule has 2 nitrogen and oxygen atoms in total. The van der Waals surface area contributed by atoms with Crippen molar-refractivity contribution in [3.8, 4) is 16.9 Å². The van der Waals surface area contributed by atoms with Gasteiger partial charge in [-0.05, 0) is 52.8 Å². The molecule has 0 bridgehead atoms. The molecule has 2 heteroatoms. The first-order chi connectivity index (χ1) is 12.7. The molecule has 0 aliphatic rings. The Labute approximate surface area is 155 Å². The Morgan fingerprint density at radius 2 is 1.62 bits per heavy atom. The first-order valence-electron chi connectivity index (χ1n) is 9.01. The van der Waals surface area contributed by atoms with Gasteiger partial charge in [0.25, 0.3) is 0 Å². The number of carbonyl (C=O) groups excluding carboxylic acids is 1. The molecule has 26 heavy (non-hydrogen) atoms. The summed E-state index contributed by atoms with van der Waals surface area (Å²) in [6.07, 6.45) is 1.96. The van der Waals surface area contributed by atoms with Crippen molar-refractivity contribution in [1.29, 1.82) is 0 Å². The highest BCUT2D eigenvalue weighted by Gasteiger charge is 2.08. The summed E-state index contributed by atoms with van der Waals surface area (Å²) in [6, 6.07) is 24.1. The number of rotatable bonds is 7. The lowest BCUT2D eigenvalue weighted by atomic mass is 9.96. The van der Waals surface area contributed by atoms with E-state index in [1.54, 1.807) is 0 Å². The van der Waals surface area contributed by atoms with Gasteiger partial charge in [0.1, 0.15) is 12.4 Å². The van der Waals surface area contributed by atoms with E-state index < -0.39 is 0 Å². The highest BCUT2D eigenvalue weighted by atomic mass is 16.5. The maximum absolute atomic E-state index is 11.5. The zero-order valence-electron chi connectivity index (χ0n) is 15.3. The van der Waals surface area contributed by atoms with Crippen LogP contribution in [0.2, 0.25) is 0 Å². The Hall–Kier alpha value is -2.87. The Balaban J connectivity index is 1.82. The monoisotopic (exact) mass is 344 g/mol. The zero-order chi connectivity index (χ0) is 18.4. The molecule has 0 unspecified atom stereocenters. The first-order valence-corrected chi connectivity index (χ1v) is 9.01. The first kappa shape index (κ1) is 17.9. The van der Waals surface area contributed by atoms with Crippen LogP contribution < -0.4 is 4.74 Å². The van der Waals surface area contributed by atoms with Crippen molar-refractivity contribution in [3.63, 3.8) is 0 Å². The number of hydrogen-bond acceptors (Lipinski definition) is 2. The van der Waals surface area contributed by atoms with Gasteiger partial charge in [0.2, 0.25) is 0 Å². The smallest absolute Gasteiger partial charge is 0.150 e. The predicted molar refractivity (Wildman–Crippen MR) is 107 cm³/mol. The minimum absolute atomic E-state index is 0.508. The molecule has 3 aromatic carbocycles. The van der Waals surface area contributed by atoms with Crippen LogP contribution in [0.1, 0.15) is 35.3 Å². The average Bonchev–Trinajstić information content (AvgIpc) is 2.67. The predicted octanol–water partition coefficient (Wildman–Crippen LogP) is 5.94. The highest BCUT2D eigenvalue weighted by Crippen LogP contribution is 2.28. The standard InChI is InChI=1S/C24H24O2/c1-18(2)14-19-8-10-21(11-9-19)24-15-23(13-12-22(24)16-25)26-17-20-6-4-3-5-7-20/h3-13,15-16,18H,14,17H2,1-2H3. The van der Waals surface area contributed by atoms with E-state index in [0.29, 0.717) is 18.1 Å². The van der Waals surface area contributed by atoms with E-state index in [1.165, 1.54) is 5.56 Å². The molecule has 0 aliphatic heterocycles. The molecule has 0 radical (unpaired) electrons. The summed E-state index contributed by atoms with van der Waals surface area (Å²) in [5, 5.41) is 0. The van der Waals surface area contributed by atoms with E-state index in [2.05, 4.69) is 38.1 Å². The minimum Gasteiger partial charge on any atom is -0.489 e. The van der Waals surface area contributed by atoms with Gasteiger partial charge in [0, 0.05) is 5.56 Å². The maximum atomic E-state index is 11.5. The van der Waals surface area contributed by atoms with Crippen LogP contribution >= 0.6 is 0 Å². The zero-order valence-corrected chi connectivity index (χ0v) is 15.3. The third-order valence-electron chi connectivity index (χ3n) is 4.31. The average molecular weight is 344 g/mol. The summed E-state index contributed by atoms with van der Waals surface area (Å²) >= 11 is 0. The fraction of sp³-hybridized carbons (Fsp3) is 0.208. The SMILES string of the molecule is CC(C)Cc1ccc(-c2cc(OCc3ccccc3)ccc2C=O)cc1. The van der Waals surface area contributed by atoms with Crippen molar-refractivity contribution < 1.29 is 9.53 Å². The molecule has 132 valence electrons. The third-order valence-corrected chi connectivity index (χ3v) is 4.31. The van der Waals surface area contributed by atoms with Gasteiger partial charge < -0.3 is 4.74 Å². The summed E-state index contributed by atoms with van der Waals surface area (Å²) in [7, 11) is 0. The molecule has 3 aromatic rings. The van der Waals surface area contributed by atoms with Gasteiger partial charge in [-0.3, -0.25) is 4.79 Å². The normalized spacial score (nSPS) is 10.7. The largest absolute Gasteiger partial charge is 0.489 e. The second-order valence-electron chi connectivity index (χ2n) is 6.94. The van der Waals surface area contributed by atoms with Crippen molar-refractivity contribution >= 4 is 6.29 Å². The van der Waals surface area contributed by atoms with E-state index in [9.17, 15) is 4.79 Å². The number of hydrogen-bond donors (Lipinski definition) is 0. The molecule has 0 spiro atoms. The Bertz CT molecular complexity index is 849. The number of benzene rings is 3. The fourth-order valence-corrected chi connectivity index (χ4v) is 3.01. The molecule has 3 rings (SSSR count). The Morgan fingerprint density at radius 1 is 0.885 bits per heavy atom. The maximum Gasteiger partial charge on any atom is 0.150 e. The molecule has 0 amide bonds. The van der Waals surface area contributed by atoms with Gasteiger partial charge in [-0.2, -0.15) is 0 Å². The lowest BCUT2D eigenvalue weighted by molar-refractivity contribution is 0.112. The van der Waals surface area contributed by atoms with Crippen LogP contribution in [0.25, 0.3) is 11.1 Å². The van der Waals surface area contributed by atoms with Gasteiger partial charge in [-0.15, -0.1) is 0 Å². The fourth-order valence-electron chi connectivity index (χ4n) is 3.01. The number of aldehydes is 1. The summed E-state index contributed by atoms with van der Waals surface area (Å²) in [5.41, 5.74) is 5.04. The van der Waals surface area contributed by atoms with Crippen molar-refractivity contribution in [1.82, 2.24) is 0 Å². The summed E-state index contributed by atoms with van der Waals surface area (Å²) < 4.78 is 5.91. The topological polar surface area (TPSA) is 26.3 Å². The van der Waals surface area contributed by atoms with Gasteiger partial charge in [0.05, 0.1) is 0 Å². The van der Waals surface area contributed by atoms with E-state index in [4.69, 9.17) is 4.74 Å². The molecule has 0 atom stereocenters. The van der Waals surface area contributed by atoms with E-state index in [1.807, 2.05) is 48.5 Å². The Morgan fingerprint density at radius 3 is 2.27 bits per heavy atom. The lowest BCUT2D eigenvalue weighted by Gasteiger charge is -2.11. The second kappa shape index (κ2) is 8.48. The van der Waals surface area contributed by atoms with Crippen LogP contribution in [0.3, 0.4) is 0 Å². The van der Waals surface area contributed by atoms with Gasteiger partial charge in [0.15, 0.2) is 6.29 Å². The highest BCUT2D eigenvalue weighted by molar-refractivity contribution is 5.88. The lowest BCUT2D eigenvalue weighted by Crippen LogP contribution is -1.97. The van der Waals surface area contributed by atoms with Crippen LogP contribution in [-0.4, -0.2) is 6.29 Å². The molecule has 0 aromatic heterocycles. The quantitative estimate of drug-likeness (QED) is 0.496. The van der Waals surface area contributed by atoms with Crippen molar-refractivity contribution in [2.24, 2.45) is 5.92 Å². The van der Waals surface area contributed by atoms with E-state index in [-0.39, 0.29) is 0 Å². The van der Waals surface area contributed by atoms with Gasteiger partial charge in [-0.1, -0.05) is 68.4 Å². The molecular weight excluding hydrogens is 320 g/mol.